The molecule has 1 aliphatic heterocycles. The zero-order valence-electron chi connectivity index (χ0n) is 9.19. The Morgan fingerprint density at radius 1 is 1.53 bits per heavy atom. The number of nitrogens with two attached hydrogens (primary N) is 1. The molecule has 6 heteroatoms. The molecule has 1 amide bonds. The van der Waals surface area contributed by atoms with Gasteiger partial charge in [-0.1, -0.05) is 11.6 Å². The van der Waals surface area contributed by atoms with E-state index in [0.29, 0.717) is 22.3 Å². The third-order valence-corrected chi connectivity index (χ3v) is 4.16. The van der Waals surface area contributed by atoms with Crippen LogP contribution in [0.3, 0.4) is 0 Å². The van der Waals surface area contributed by atoms with E-state index in [0.717, 1.165) is 13.0 Å². The fraction of sp³-hybridized carbons (Fsp3) is 0.455. The average molecular weight is 273 g/mol. The molecule has 1 aliphatic rings. The van der Waals surface area contributed by atoms with E-state index < -0.39 is 0 Å². The number of carbonyl (C=O) groups is 2. The molecule has 1 aromatic heterocycles. The van der Waals surface area contributed by atoms with Gasteiger partial charge in [0.05, 0.1) is 21.7 Å². The standard InChI is InChI=1S/C11H13ClN2O2S/c12-10-2-1-9(17-10)8(15)6-14-4-3-7(5-14)11(13)16/h1-2,7H,3-6H2,(H2,13,16). The molecule has 2 rings (SSSR count). The van der Waals surface area contributed by atoms with E-state index in [1.165, 1.54) is 11.3 Å². The Balaban J connectivity index is 1.90. The lowest BCUT2D eigenvalue weighted by Crippen LogP contribution is -2.30. The molecule has 92 valence electrons. The van der Waals surface area contributed by atoms with Crippen molar-refractivity contribution in [2.24, 2.45) is 11.7 Å². The van der Waals surface area contributed by atoms with Crippen molar-refractivity contribution in [2.45, 2.75) is 6.42 Å². The highest BCUT2D eigenvalue weighted by molar-refractivity contribution is 7.18. The summed E-state index contributed by atoms with van der Waals surface area (Å²) in [5.74, 6) is -0.346. The van der Waals surface area contributed by atoms with Gasteiger partial charge >= 0.3 is 0 Å². The van der Waals surface area contributed by atoms with E-state index in [1.807, 2.05) is 4.90 Å². The lowest BCUT2D eigenvalue weighted by Gasteiger charge is -2.13. The van der Waals surface area contributed by atoms with Gasteiger partial charge in [-0.3, -0.25) is 14.5 Å². The maximum absolute atomic E-state index is 11.9. The van der Waals surface area contributed by atoms with Crippen LogP contribution in [-0.4, -0.2) is 36.2 Å². The lowest BCUT2D eigenvalue weighted by molar-refractivity contribution is -0.121. The lowest BCUT2D eigenvalue weighted by atomic mass is 10.1. The summed E-state index contributed by atoms with van der Waals surface area (Å²) in [6.45, 7) is 1.67. The van der Waals surface area contributed by atoms with Crippen LogP contribution in [0.25, 0.3) is 0 Å². The van der Waals surface area contributed by atoms with Gasteiger partial charge in [0.2, 0.25) is 5.91 Å². The molecule has 1 fully saturated rings. The summed E-state index contributed by atoms with van der Waals surface area (Å²) in [7, 11) is 0. The van der Waals surface area contributed by atoms with Gasteiger partial charge in [0.25, 0.3) is 0 Å². The number of rotatable bonds is 4. The first-order valence-corrected chi connectivity index (χ1v) is 6.56. The topological polar surface area (TPSA) is 63.4 Å². The number of hydrogen-bond donors (Lipinski definition) is 1. The average Bonchev–Trinajstić information content (AvgIpc) is 2.86. The SMILES string of the molecule is NC(=O)C1CCN(CC(=O)c2ccc(Cl)s2)C1. The Hall–Kier alpha value is -0.910. The minimum atomic E-state index is -0.279. The van der Waals surface area contributed by atoms with E-state index in [-0.39, 0.29) is 17.6 Å². The second kappa shape index (κ2) is 5.16. The molecule has 2 heterocycles. The van der Waals surface area contributed by atoms with Gasteiger partial charge < -0.3 is 5.73 Å². The largest absolute Gasteiger partial charge is 0.369 e. The van der Waals surface area contributed by atoms with E-state index in [9.17, 15) is 9.59 Å². The monoisotopic (exact) mass is 272 g/mol. The number of thiophene rings is 1. The van der Waals surface area contributed by atoms with Crippen molar-refractivity contribution in [3.8, 4) is 0 Å². The molecule has 17 heavy (non-hydrogen) atoms. The van der Waals surface area contributed by atoms with E-state index in [2.05, 4.69) is 0 Å². The summed E-state index contributed by atoms with van der Waals surface area (Å²) in [4.78, 5) is 25.5. The molecule has 0 spiro atoms. The van der Waals surface area contributed by atoms with E-state index >= 15 is 0 Å². The Morgan fingerprint density at radius 2 is 2.29 bits per heavy atom. The minimum absolute atomic E-state index is 0.0482. The molecule has 1 atom stereocenters. The summed E-state index contributed by atoms with van der Waals surface area (Å²) < 4.78 is 0.616. The highest BCUT2D eigenvalue weighted by Gasteiger charge is 2.28. The van der Waals surface area contributed by atoms with Crippen LogP contribution in [0.2, 0.25) is 4.34 Å². The van der Waals surface area contributed by atoms with Gasteiger partial charge in [-0.25, -0.2) is 0 Å². The van der Waals surface area contributed by atoms with Crippen molar-refractivity contribution in [1.29, 1.82) is 0 Å². The smallest absolute Gasteiger partial charge is 0.221 e. The Labute approximate surface area is 108 Å². The number of ketones is 1. The van der Waals surface area contributed by atoms with Gasteiger partial charge in [0.15, 0.2) is 5.78 Å². The quantitative estimate of drug-likeness (QED) is 0.843. The van der Waals surface area contributed by atoms with Crippen molar-refractivity contribution >= 4 is 34.6 Å². The summed E-state index contributed by atoms with van der Waals surface area (Å²) in [6, 6.07) is 3.45. The molecule has 0 radical (unpaired) electrons. The van der Waals surface area contributed by atoms with Gasteiger partial charge in [0.1, 0.15) is 0 Å². The predicted molar refractivity (Wildman–Crippen MR) is 67.4 cm³/mol. The first-order chi connectivity index (χ1) is 8.06. The number of hydrogen-bond acceptors (Lipinski definition) is 4. The summed E-state index contributed by atoms with van der Waals surface area (Å²) in [6.07, 6.45) is 0.744. The van der Waals surface area contributed by atoms with E-state index in [1.54, 1.807) is 12.1 Å². The number of primary amides is 1. The van der Waals surface area contributed by atoms with Crippen molar-refractivity contribution in [3.05, 3.63) is 21.3 Å². The summed E-state index contributed by atoms with van der Waals surface area (Å²) >= 11 is 7.06. The van der Waals surface area contributed by atoms with Crippen molar-refractivity contribution in [3.63, 3.8) is 0 Å². The highest BCUT2D eigenvalue weighted by Crippen LogP contribution is 2.23. The minimum Gasteiger partial charge on any atom is -0.369 e. The van der Waals surface area contributed by atoms with Crippen LogP contribution in [-0.2, 0) is 4.79 Å². The van der Waals surface area contributed by atoms with Crippen LogP contribution in [0.5, 0.6) is 0 Å². The van der Waals surface area contributed by atoms with Gasteiger partial charge in [-0.05, 0) is 25.1 Å². The Kier molecular flexibility index (Phi) is 3.81. The predicted octanol–water partition coefficient (Wildman–Crippen LogP) is 1.39. The fourth-order valence-corrected chi connectivity index (χ4v) is 2.93. The molecule has 1 saturated heterocycles. The van der Waals surface area contributed by atoms with E-state index in [4.69, 9.17) is 17.3 Å². The zero-order valence-corrected chi connectivity index (χ0v) is 10.8. The van der Waals surface area contributed by atoms with Crippen molar-refractivity contribution < 1.29 is 9.59 Å². The molecule has 0 saturated carbocycles. The second-order valence-electron chi connectivity index (χ2n) is 4.15. The van der Waals surface area contributed by atoms with Crippen LogP contribution in [0, 0.1) is 5.92 Å². The van der Waals surface area contributed by atoms with Crippen molar-refractivity contribution in [2.75, 3.05) is 19.6 Å². The first-order valence-electron chi connectivity index (χ1n) is 5.36. The van der Waals surface area contributed by atoms with Gasteiger partial charge in [0, 0.05) is 6.54 Å². The van der Waals surface area contributed by atoms with Gasteiger partial charge in [-0.2, -0.15) is 0 Å². The number of carbonyl (C=O) groups excluding carboxylic acids is 2. The molecule has 0 aliphatic carbocycles. The van der Waals surface area contributed by atoms with Crippen LogP contribution in [0.4, 0.5) is 0 Å². The molecule has 0 bridgehead atoms. The number of Topliss-reactive ketones (excluding diaryl/α,β-unsaturated/α-hetero) is 1. The number of halogens is 1. The number of amides is 1. The normalized spacial score (nSPS) is 20.6. The number of likely N-dealkylation sites (tertiary alicyclic amines) is 1. The summed E-state index contributed by atoms with van der Waals surface area (Å²) in [5.41, 5.74) is 5.24. The molecular weight excluding hydrogens is 260 g/mol. The Bertz CT molecular complexity index is 446. The number of nitrogens with zero attached hydrogens (tertiary/aromatic N) is 1. The maximum Gasteiger partial charge on any atom is 0.221 e. The Morgan fingerprint density at radius 3 is 2.82 bits per heavy atom. The second-order valence-corrected chi connectivity index (χ2v) is 5.87. The van der Waals surface area contributed by atoms with Gasteiger partial charge in [-0.15, -0.1) is 11.3 Å². The van der Waals surface area contributed by atoms with Crippen LogP contribution in [0.15, 0.2) is 12.1 Å². The molecule has 1 aromatic rings. The fourth-order valence-electron chi connectivity index (χ4n) is 1.95. The third-order valence-electron chi connectivity index (χ3n) is 2.89. The molecule has 0 aromatic carbocycles. The molecular formula is C11H13ClN2O2S. The van der Waals surface area contributed by atoms with Crippen LogP contribution < -0.4 is 5.73 Å². The van der Waals surface area contributed by atoms with Crippen molar-refractivity contribution in [1.82, 2.24) is 4.90 Å². The highest BCUT2D eigenvalue weighted by atomic mass is 35.5. The molecule has 2 N–H and O–H groups in total. The summed E-state index contributed by atoms with van der Waals surface area (Å²) in [5, 5.41) is 0. The zero-order chi connectivity index (χ0) is 12.4. The molecule has 1 unspecified atom stereocenters. The van der Waals surface area contributed by atoms with Crippen LogP contribution in [0.1, 0.15) is 16.1 Å². The third kappa shape index (κ3) is 3.06. The molecule has 4 nitrogen and oxygen atoms in total. The maximum atomic E-state index is 11.9. The van der Waals surface area contributed by atoms with Crippen LogP contribution >= 0.6 is 22.9 Å². The first kappa shape index (κ1) is 12.5.